The number of carbonyl (C=O) groups is 2. The Labute approximate surface area is 122 Å². The first kappa shape index (κ1) is 14.7. The van der Waals surface area contributed by atoms with Gasteiger partial charge in [-0.05, 0) is 37.5 Å². The maximum Gasteiger partial charge on any atom is 0.306 e. The largest absolute Gasteiger partial charge is 0.481 e. The molecule has 1 aliphatic rings. The number of carboxylic acids is 1. The molecule has 1 aromatic rings. The Morgan fingerprint density at radius 1 is 1.35 bits per heavy atom. The van der Waals surface area contributed by atoms with E-state index in [1.54, 1.807) is 12.1 Å². The van der Waals surface area contributed by atoms with Crippen molar-refractivity contribution in [2.24, 2.45) is 5.92 Å². The molecule has 0 saturated heterocycles. The molecular formula is C14H17ClN2O3. The minimum Gasteiger partial charge on any atom is -0.481 e. The highest BCUT2D eigenvalue weighted by atomic mass is 35.5. The minimum absolute atomic E-state index is 0.103. The molecule has 1 aliphatic carbocycles. The average molecular weight is 297 g/mol. The normalized spacial score (nSPS) is 22.2. The summed E-state index contributed by atoms with van der Waals surface area (Å²) in [6.07, 6.45) is 2.77. The highest BCUT2D eigenvalue weighted by Gasteiger charge is 2.28. The summed E-state index contributed by atoms with van der Waals surface area (Å²) in [5.41, 5.74) is 6.45. The van der Waals surface area contributed by atoms with Crippen molar-refractivity contribution in [3.63, 3.8) is 0 Å². The van der Waals surface area contributed by atoms with Crippen LogP contribution < -0.4 is 11.1 Å². The van der Waals surface area contributed by atoms with Crippen LogP contribution in [0, 0.1) is 5.92 Å². The molecule has 20 heavy (non-hydrogen) atoms. The Morgan fingerprint density at radius 3 is 2.75 bits per heavy atom. The second kappa shape index (κ2) is 6.13. The number of benzene rings is 1. The Balaban J connectivity index is 2.00. The van der Waals surface area contributed by atoms with Gasteiger partial charge in [-0.25, -0.2) is 0 Å². The first-order valence-electron chi connectivity index (χ1n) is 6.56. The Hall–Kier alpha value is -1.75. The molecule has 4 N–H and O–H groups in total. The lowest BCUT2D eigenvalue weighted by Crippen LogP contribution is -2.39. The van der Waals surface area contributed by atoms with Gasteiger partial charge >= 0.3 is 5.97 Å². The summed E-state index contributed by atoms with van der Waals surface area (Å²) in [7, 11) is 0. The third kappa shape index (κ3) is 3.42. The lowest BCUT2D eigenvalue weighted by molar-refractivity contribution is -0.143. The fraction of sp³-hybridized carbons (Fsp3) is 0.429. The summed E-state index contributed by atoms with van der Waals surface area (Å²) in [6.45, 7) is 0. The van der Waals surface area contributed by atoms with Crippen molar-refractivity contribution < 1.29 is 14.7 Å². The Kier molecular flexibility index (Phi) is 4.49. The van der Waals surface area contributed by atoms with Crippen LogP contribution in [0.4, 0.5) is 5.69 Å². The molecule has 5 nitrogen and oxygen atoms in total. The molecule has 1 amide bonds. The first-order chi connectivity index (χ1) is 9.47. The van der Waals surface area contributed by atoms with Crippen LogP contribution in [-0.2, 0) is 4.79 Å². The maximum atomic E-state index is 12.1. The third-order valence-corrected chi connectivity index (χ3v) is 3.95. The molecule has 2 atom stereocenters. The van der Waals surface area contributed by atoms with E-state index in [0.29, 0.717) is 29.1 Å². The van der Waals surface area contributed by atoms with Crippen LogP contribution in [0.5, 0.6) is 0 Å². The van der Waals surface area contributed by atoms with Gasteiger partial charge in [-0.2, -0.15) is 0 Å². The van der Waals surface area contributed by atoms with Crippen molar-refractivity contribution in [3.05, 3.63) is 28.8 Å². The minimum atomic E-state index is -0.792. The zero-order valence-corrected chi connectivity index (χ0v) is 11.7. The smallest absolute Gasteiger partial charge is 0.306 e. The highest BCUT2D eigenvalue weighted by Crippen LogP contribution is 2.25. The third-order valence-electron chi connectivity index (χ3n) is 3.62. The molecule has 0 aliphatic heterocycles. The molecule has 1 saturated carbocycles. The van der Waals surface area contributed by atoms with Crippen molar-refractivity contribution in [1.82, 2.24) is 5.32 Å². The second-order valence-corrected chi connectivity index (χ2v) is 5.52. The number of nitrogen functional groups attached to an aromatic ring is 1. The number of aliphatic carboxylic acids is 1. The zero-order valence-electron chi connectivity index (χ0n) is 10.9. The van der Waals surface area contributed by atoms with Gasteiger partial charge in [-0.3, -0.25) is 9.59 Å². The van der Waals surface area contributed by atoms with Gasteiger partial charge in [-0.1, -0.05) is 18.0 Å². The van der Waals surface area contributed by atoms with E-state index >= 15 is 0 Å². The summed E-state index contributed by atoms with van der Waals surface area (Å²) >= 11 is 5.88. The number of carboxylic acid groups (broad SMARTS) is 1. The van der Waals surface area contributed by atoms with Gasteiger partial charge in [0.05, 0.1) is 16.6 Å². The van der Waals surface area contributed by atoms with Gasteiger partial charge in [0.1, 0.15) is 0 Å². The molecule has 0 aromatic heterocycles. The number of amides is 1. The van der Waals surface area contributed by atoms with Crippen molar-refractivity contribution in [1.29, 1.82) is 0 Å². The number of carbonyl (C=O) groups excluding carboxylic acids is 1. The first-order valence-corrected chi connectivity index (χ1v) is 6.94. The molecule has 1 fully saturated rings. The second-order valence-electron chi connectivity index (χ2n) is 5.11. The van der Waals surface area contributed by atoms with Crippen LogP contribution in [0.15, 0.2) is 18.2 Å². The van der Waals surface area contributed by atoms with Crippen LogP contribution in [0.25, 0.3) is 0 Å². The monoisotopic (exact) mass is 296 g/mol. The number of nitrogens with two attached hydrogens (primary N) is 1. The van der Waals surface area contributed by atoms with E-state index < -0.39 is 5.97 Å². The molecule has 2 unspecified atom stereocenters. The van der Waals surface area contributed by atoms with Crippen LogP contribution in [-0.4, -0.2) is 23.0 Å². The molecule has 0 radical (unpaired) electrons. The van der Waals surface area contributed by atoms with Crippen molar-refractivity contribution in [3.8, 4) is 0 Å². The number of nitrogens with one attached hydrogen (secondary N) is 1. The van der Waals surface area contributed by atoms with Crippen LogP contribution >= 0.6 is 11.6 Å². The summed E-state index contributed by atoms with van der Waals surface area (Å²) < 4.78 is 0. The van der Waals surface area contributed by atoms with Crippen LogP contribution in [0.2, 0.25) is 5.02 Å². The van der Waals surface area contributed by atoms with E-state index in [2.05, 4.69) is 5.32 Å². The summed E-state index contributed by atoms with van der Waals surface area (Å²) in [4.78, 5) is 23.1. The number of halogens is 1. The predicted molar refractivity (Wildman–Crippen MR) is 76.7 cm³/mol. The molecule has 2 rings (SSSR count). The number of anilines is 1. The molecule has 0 spiro atoms. The van der Waals surface area contributed by atoms with Gasteiger partial charge < -0.3 is 16.2 Å². The average Bonchev–Trinajstić information content (AvgIpc) is 2.42. The summed E-state index contributed by atoms with van der Waals surface area (Å²) in [5.74, 6) is -1.41. The molecule has 1 aromatic carbocycles. The van der Waals surface area contributed by atoms with Gasteiger partial charge in [0, 0.05) is 11.6 Å². The molecule has 6 heteroatoms. The highest BCUT2D eigenvalue weighted by molar-refractivity contribution is 6.33. The fourth-order valence-electron chi connectivity index (χ4n) is 2.48. The fourth-order valence-corrected chi connectivity index (χ4v) is 2.66. The van der Waals surface area contributed by atoms with E-state index in [1.807, 2.05) is 0 Å². The summed E-state index contributed by atoms with van der Waals surface area (Å²) in [6, 6.07) is 4.60. The Bertz CT molecular complexity index is 533. The van der Waals surface area contributed by atoms with Crippen molar-refractivity contribution in [2.45, 2.75) is 31.7 Å². The number of hydrogen-bond donors (Lipinski definition) is 3. The molecule has 108 valence electrons. The van der Waals surface area contributed by atoms with Gasteiger partial charge in [0.2, 0.25) is 0 Å². The number of rotatable bonds is 3. The van der Waals surface area contributed by atoms with Crippen LogP contribution in [0.1, 0.15) is 36.0 Å². The lowest BCUT2D eigenvalue weighted by atomic mass is 9.85. The van der Waals surface area contributed by atoms with Crippen molar-refractivity contribution in [2.75, 3.05) is 5.73 Å². The maximum absolute atomic E-state index is 12.1. The van der Waals surface area contributed by atoms with Crippen molar-refractivity contribution >= 4 is 29.2 Å². The number of hydrogen-bond acceptors (Lipinski definition) is 3. The van der Waals surface area contributed by atoms with Gasteiger partial charge in [0.25, 0.3) is 5.91 Å². The quantitative estimate of drug-likeness (QED) is 0.746. The molecule has 0 heterocycles. The van der Waals surface area contributed by atoms with E-state index in [9.17, 15) is 9.59 Å². The van der Waals surface area contributed by atoms with E-state index in [-0.39, 0.29) is 17.9 Å². The topological polar surface area (TPSA) is 92.4 Å². The predicted octanol–water partition coefficient (Wildman–Crippen LogP) is 2.30. The molecular weight excluding hydrogens is 280 g/mol. The lowest BCUT2D eigenvalue weighted by Gasteiger charge is -2.27. The van der Waals surface area contributed by atoms with Crippen LogP contribution in [0.3, 0.4) is 0 Å². The molecule has 0 bridgehead atoms. The van der Waals surface area contributed by atoms with E-state index in [4.69, 9.17) is 22.4 Å². The Morgan fingerprint density at radius 2 is 2.10 bits per heavy atom. The van der Waals surface area contributed by atoms with Gasteiger partial charge in [0.15, 0.2) is 0 Å². The SMILES string of the molecule is Nc1ccc(C(=O)NC2CCCC(C(=O)O)C2)cc1Cl. The summed E-state index contributed by atoms with van der Waals surface area (Å²) in [5, 5.41) is 12.2. The van der Waals surface area contributed by atoms with E-state index in [0.717, 1.165) is 12.8 Å². The van der Waals surface area contributed by atoms with E-state index in [1.165, 1.54) is 6.07 Å². The standard InChI is InChI=1S/C14H17ClN2O3/c15-11-7-8(4-5-12(11)16)13(18)17-10-3-1-2-9(6-10)14(19)20/h4-5,7,9-10H,1-3,6,16H2,(H,17,18)(H,19,20). The van der Waals surface area contributed by atoms with Gasteiger partial charge in [-0.15, -0.1) is 0 Å². The zero-order chi connectivity index (χ0) is 14.7.